The number of aromatic nitrogens is 3. The van der Waals surface area contributed by atoms with Crippen molar-refractivity contribution in [1.82, 2.24) is 15.0 Å². The van der Waals surface area contributed by atoms with Crippen LogP contribution in [0.5, 0.6) is 0 Å². The fourth-order valence-electron chi connectivity index (χ4n) is 5.92. The summed E-state index contributed by atoms with van der Waals surface area (Å²) in [5.74, 6) is 1.95. The molecule has 7 aromatic carbocycles. The van der Waals surface area contributed by atoms with Crippen LogP contribution < -0.4 is 0 Å². The molecule has 3 nitrogen and oxygen atoms in total. The predicted molar refractivity (Wildman–Crippen MR) is 190 cm³/mol. The topological polar surface area (TPSA) is 38.7 Å². The van der Waals surface area contributed by atoms with Crippen molar-refractivity contribution in [1.29, 1.82) is 0 Å². The third-order valence-electron chi connectivity index (χ3n) is 8.38. The maximum Gasteiger partial charge on any atom is 0.164 e. The van der Waals surface area contributed by atoms with Crippen molar-refractivity contribution in [3.8, 4) is 67.5 Å². The average molecular weight is 588 g/mol. The standard InChI is InChI=1S/C43H29N3/c1-3-10-30(11-4-1)31-20-26-37(27-21-31)42-44-41(36-13-5-2-6-14-36)45-43(46-42)38-28-22-33(23-29-38)32-18-24-35(25-19-32)40-17-9-15-34-12-7-8-16-39(34)40/h1-29H. The van der Waals surface area contributed by atoms with Gasteiger partial charge in [0.15, 0.2) is 17.5 Å². The average Bonchev–Trinajstić information content (AvgIpc) is 3.15. The lowest BCUT2D eigenvalue weighted by Gasteiger charge is -2.10. The maximum absolute atomic E-state index is 4.95. The van der Waals surface area contributed by atoms with E-state index in [2.05, 4.69) is 140 Å². The van der Waals surface area contributed by atoms with Gasteiger partial charge in [-0.1, -0.05) is 176 Å². The van der Waals surface area contributed by atoms with Crippen LogP contribution >= 0.6 is 0 Å². The van der Waals surface area contributed by atoms with Gasteiger partial charge in [-0.25, -0.2) is 15.0 Å². The van der Waals surface area contributed by atoms with E-state index in [1.54, 1.807) is 0 Å². The lowest BCUT2D eigenvalue weighted by molar-refractivity contribution is 1.07. The largest absolute Gasteiger partial charge is 0.208 e. The molecule has 46 heavy (non-hydrogen) atoms. The van der Waals surface area contributed by atoms with E-state index in [0.717, 1.165) is 33.4 Å². The second kappa shape index (κ2) is 12.1. The molecule has 0 aliphatic rings. The number of hydrogen-bond donors (Lipinski definition) is 0. The van der Waals surface area contributed by atoms with Crippen LogP contribution in [0.15, 0.2) is 176 Å². The van der Waals surface area contributed by atoms with E-state index in [1.165, 1.54) is 27.5 Å². The number of hydrogen-bond acceptors (Lipinski definition) is 3. The van der Waals surface area contributed by atoms with Gasteiger partial charge in [-0.15, -0.1) is 0 Å². The lowest BCUT2D eigenvalue weighted by Crippen LogP contribution is -2.00. The molecule has 0 aliphatic carbocycles. The molecule has 8 rings (SSSR count). The van der Waals surface area contributed by atoms with Gasteiger partial charge >= 0.3 is 0 Å². The van der Waals surface area contributed by atoms with Crippen LogP contribution in [-0.2, 0) is 0 Å². The van der Waals surface area contributed by atoms with Gasteiger partial charge in [0.25, 0.3) is 0 Å². The molecule has 0 bridgehead atoms. The van der Waals surface area contributed by atoms with E-state index < -0.39 is 0 Å². The Balaban J connectivity index is 1.12. The van der Waals surface area contributed by atoms with E-state index in [0.29, 0.717) is 17.5 Å². The van der Waals surface area contributed by atoms with Crippen LogP contribution in [0.3, 0.4) is 0 Å². The molecular formula is C43H29N3. The van der Waals surface area contributed by atoms with E-state index in [-0.39, 0.29) is 0 Å². The van der Waals surface area contributed by atoms with E-state index in [1.807, 2.05) is 36.4 Å². The van der Waals surface area contributed by atoms with Gasteiger partial charge < -0.3 is 0 Å². The smallest absolute Gasteiger partial charge is 0.164 e. The molecule has 0 amide bonds. The minimum Gasteiger partial charge on any atom is -0.208 e. The number of rotatable bonds is 6. The van der Waals surface area contributed by atoms with Crippen molar-refractivity contribution in [3.05, 3.63) is 176 Å². The van der Waals surface area contributed by atoms with Crippen LogP contribution in [0.2, 0.25) is 0 Å². The fourth-order valence-corrected chi connectivity index (χ4v) is 5.92. The second-order valence-electron chi connectivity index (χ2n) is 11.3. The SMILES string of the molecule is c1ccc(-c2ccc(-c3nc(-c4ccccc4)nc(-c4ccc(-c5ccc(-c6cccc7ccccc67)cc5)cc4)n3)cc2)cc1. The molecule has 0 fully saturated rings. The monoisotopic (exact) mass is 587 g/mol. The lowest BCUT2D eigenvalue weighted by atomic mass is 9.96. The Kier molecular flexibility index (Phi) is 7.18. The summed E-state index contributed by atoms with van der Waals surface area (Å²) in [6, 6.07) is 61.2. The quantitative estimate of drug-likeness (QED) is 0.194. The molecular weight excluding hydrogens is 558 g/mol. The zero-order valence-corrected chi connectivity index (χ0v) is 25.1. The van der Waals surface area contributed by atoms with E-state index >= 15 is 0 Å². The summed E-state index contributed by atoms with van der Waals surface area (Å²) in [7, 11) is 0. The molecule has 0 saturated heterocycles. The van der Waals surface area contributed by atoms with Crippen molar-refractivity contribution < 1.29 is 0 Å². The van der Waals surface area contributed by atoms with Gasteiger partial charge in [-0.2, -0.15) is 0 Å². The van der Waals surface area contributed by atoms with Gasteiger partial charge in [-0.05, 0) is 44.2 Å². The molecule has 3 heteroatoms. The molecule has 0 radical (unpaired) electrons. The van der Waals surface area contributed by atoms with Gasteiger partial charge in [0.05, 0.1) is 0 Å². The summed E-state index contributed by atoms with van der Waals surface area (Å²) in [5.41, 5.74) is 9.94. The highest BCUT2D eigenvalue weighted by Gasteiger charge is 2.13. The fraction of sp³-hybridized carbons (Fsp3) is 0. The Labute approximate surface area is 268 Å². The molecule has 8 aromatic rings. The first-order valence-corrected chi connectivity index (χ1v) is 15.4. The van der Waals surface area contributed by atoms with Crippen LogP contribution in [0.1, 0.15) is 0 Å². The number of nitrogens with zero attached hydrogens (tertiary/aromatic N) is 3. The first-order valence-electron chi connectivity index (χ1n) is 15.4. The van der Waals surface area contributed by atoms with Crippen molar-refractivity contribution >= 4 is 10.8 Å². The zero-order chi connectivity index (χ0) is 30.7. The van der Waals surface area contributed by atoms with Crippen LogP contribution in [0.25, 0.3) is 78.3 Å². The summed E-state index contributed by atoms with van der Waals surface area (Å²) in [6.45, 7) is 0. The number of fused-ring (bicyclic) bond motifs is 1. The maximum atomic E-state index is 4.95. The molecule has 1 heterocycles. The molecule has 0 spiro atoms. The second-order valence-corrected chi connectivity index (χ2v) is 11.3. The summed E-state index contributed by atoms with van der Waals surface area (Å²) in [6.07, 6.45) is 0. The summed E-state index contributed by atoms with van der Waals surface area (Å²) < 4.78 is 0. The molecule has 0 unspecified atom stereocenters. The van der Waals surface area contributed by atoms with Crippen LogP contribution in [-0.4, -0.2) is 15.0 Å². The Morgan fingerprint density at radius 1 is 0.239 bits per heavy atom. The normalized spacial score (nSPS) is 11.0. The van der Waals surface area contributed by atoms with Crippen molar-refractivity contribution in [2.24, 2.45) is 0 Å². The highest BCUT2D eigenvalue weighted by Crippen LogP contribution is 2.32. The Morgan fingerprint density at radius 3 is 1.11 bits per heavy atom. The molecule has 0 atom stereocenters. The number of benzene rings is 7. The van der Waals surface area contributed by atoms with E-state index in [9.17, 15) is 0 Å². The molecule has 1 aromatic heterocycles. The zero-order valence-electron chi connectivity index (χ0n) is 25.1. The highest BCUT2D eigenvalue weighted by atomic mass is 15.0. The third-order valence-corrected chi connectivity index (χ3v) is 8.38. The predicted octanol–water partition coefficient (Wildman–Crippen LogP) is 11.0. The Bertz CT molecular complexity index is 2250. The molecule has 216 valence electrons. The minimum absolute atomic E-state index is 0.647. The van der Waals surface area contributed by atoms with Crippen molar-refractivity contribution in [3.63, 3.8) is 0 Å². The van der Waals surface area contributed by atoms with Gasteiger partial charge in [-0.3, -0.25) is 0 Å². The Morgan fingerprint density at radius 2 is 0.587 bits per heavy atom. The molecule has 0 N–H and O–H groups in total. The minimum atomic E-state index is 0.647. The Hall–Kier alpha value is -6.19. The van der Waals surface area contributed by atoms with Gasteiger partial charge in [0.1, 0.15) is 0 Å². The van der Waals surface area contributed by atoms with E-state index in [4.69, 9.17) is 15.0 Å². The van der Waals surface area contributed by atoms with Crippen LogP contribution in [0.4, 0.5) is 0 Å². The highest BCUT2D eigenvalue weighted by molar-refractivity contribution is 5.96. The summed E-state index contributed by atoms with van der Waals surface area (Å²) >= 11 is 0. The van der Waals surface area contributed by atoms with Crippen molar-refractivity contribution in [2.45, 2.75) is 0 Å². The summed E-state index contributed by atoms with van der Waals surface area (Å²) in [5, 5.41) is 2.52. The first-order chi connectivity index (χ1) is 22.8. The molecule has 0 saturated carbocycles. The third kappa shape index (κ3) is 5.47. The first kappa shape index (κ1) is 27.4. The molecule has 0 aliphatic heterocycles. The van der Waals surface area contributed by atoms with Gasteiger partial charge in [0, 0.05) is 16.7 Å². The van der Waals surface area contributed by atoms with Gasteiger partial charge in [0.2, 0.25) is 0 Å². The van der Waals surface area contributed by atoms with Crippen molar-refractivity contribution in [2.75, 3.05) is 0 Å². The van der Waals surface area contributed by atoms with Crippen LogP contribution in [0, 0.1) is 0 Å². The summed E-state index contributed by atoms with van der Waals surface area (Å²) in [4.78, 5) is 14.8.